The van der Waals surface area contributed by atoms with Crippen molar-refractivity contribution < 1.29 is 14.0 Å². The van der Waals surface area contributed by atoms with Crippen molar-refractivity contribution in [3.8, 4) is 0 Å². The van der Waals surface area contributed by atoms with Gasteiger partial charge >= 0.3 is 0 Å². The fourth-order valence-electron chi connectivity index (χ4n) is 3.71. The summed E-state index contributed by atoms with van der Waals surface area (Å²) in [5.41, 5.74) is 2.78. The summed E-state index contributed by atoms with van der Waals surface area (Å²) in [5, 5.41) is 5.87. The third kappa shape index (κ3) is 6.79. The van der Waals surface area contributed by atoms with Crippen LogP contribution in [-0.2, 0) is 11.2 Å². The first-order chi connectivity index (χ1) is 14.9. The Hall–Kier alpha value is -2.93. The zero-order valence-electron chi connectivity index (χ0n) is 18.3. The standard InChI is InChI=1S/C24H31FN4O2/c1-28(2)13-5-12-26-24(31)21-17-20(10-11-22(21)29-14-3-4-15-29)27-23(30)16-18-6-8-19(25)9-7-18/h6-11,17H,3-5,12-16H2,1-2H3,(H,26,31)(H,27,30). The monoisotopic (exact) mass is 426 g/mol. The molecular formula is C24H31FN4O2. The van der Waals surface area contributed by atoms with Crippen LogP contribution in [0.4, 0.5) is 15.8 Å². The Kier molecular flexibility index (Phi) is 8.00. The molecule has 0 saturated carbocycles. The van der Waals surface area contributed by atoms with E-state index in [1.165, 1.54) is 12.1 Å². The first-order valence-electron chi connectivity index (χ1n) is 10.8. The molecular weight excluding hydrogens is 395 g/mol. The topological polar surface area (TPSA) is 64.7 Å². The number of amides is 2. The highest BCUT2D eigenvalue weighted by Crippen LogP contribution is 2.27. The fourth-order valence-corrected chi connectivity index (χ4v) is 3.71. The van der Waals surface area contributed by atoms with E-state index < -0.39 is 0 Å². The fraction of sp³-hybridized carbons (Fsp3) is 0.417. The van der Waals surface area contributed by atoms with Crippen LogP contribution in [0.25, 0.3) is 0 Å². The summed E-state index contributed by atoms with van der Waals surface area (Å²) in [6.07, 6.45) is 3.23. The number of halogens is 1. The van der Waals surface area contributed by atoms with Gasteiger partial charge in [-0.2, -0.15) is 0 Å². The summed E-state index contributed by atoms with van der Waals surface area (Å²) < 4.78 is 13.1. The number of anilines is 2. The maximum absolute atomic E-state index is 13.1. The third-order valence-corrected chi connectivity index (χ3v) is 5.32. The molecule has 0 aromatic heterocycles. The van der Waals surface area contributed by atoms with Crippen LogP contribution in [0.3, 0.4) is 0 Å². The molecule has 0 bridgehead atoms. The molecule has 31 heavy (non-hydrogen) atoms. The molecule has 0 radical (unpaired) electrons. The minimum absolute atomic E-state index is 0.129. The molecule has 0 atom stereocenters. The Balaban J connectivity index is 1.70. The maximum Gasteiger partial charge on any atom is 0.253 e. The molecule has 0 unspecified atom stereocenters. The molecule has 1 aliphatic heterocycles. The highest BCUT2D eigenvalue weighted by molar-refractivity contribution is 6.02. The molecule has 6 nitrogen and oxygen atoms in total. The van der Waals surface area contributed by atoms with E-state index in [1.54, 1.807) is 18.2 Å². The van der Waals surface area contributed by atoms with Crippen molar-refractivity contribution in [2.45, 2.75) is 25.7 Å². The average molecular weight is 427 g/mol. The van der Waals surface area contributed by atoms with Gasteiger partial charge in [-0.1, -0.05) is 12.1 Å². The van der Waals surface area contributed by atoms with Gasteiger partial charge in [-0.15, -0.1) is 0 Å². The molecule has 1 fully saturated rings. The maximum atomic E-state index is 13.1. The molecule has 166 valence electrons. The van der Waals surface area contributed by atoms with Gasteiger partial charge in [-0.05, 0) is 75.8 Å². The van der Waals surface area contributed by atoms with E-state index in [0.29, 0.717) is 17.8 Å². The SMILES string of the molecule is CN(C)CCCNC(=O)c1cc(NC(=O)Cc2ccc(F)cc2)ccc1N1CCCC1. The molecule has 2 N–H and O–H groups in total. The van der Waals surface area contributed by atoms with Gasteiger partial charge in [0.15, 0.2) is 0 Å². The van der Waals surface area contributed by atoms with E-state index >= 15 is 0 Å². The number of nitrogens with one attached hydrogen (secondary N) is 2. The summed E-state index contributed by atoms with van der Waals surface area (Å²) in [6.45, 7) is 3.35. The van der Waals surface area contributed by atoms with Crippen molar-refractivity contribution in [2.24, 2.45) is 0 Å². The van der Waals surface area contributed by atoms with Crippen LogP contribution in [0.1, 0.15) is 35.2 Å². The molecule has 0 aliphatic carbocycles. The van der Waals surface area contributed by atoms with Crippen molar-refractivity contribution in [1.29, 1.82) is 0 Å². The molecule has 2 amide bonds. The second-order valence-corrected chi connectivity index (χ2v) is 8.19. The Morgan fingerprint density at radius 3 is 2.45 bits per heavy atom. The van der Waals surface area contributed by atoms with Crippen LogP contribution in [-0.4, -0.2) is 57.0 Å². The van der Waals surface area contributed by atoms with Crippen LogP contribution >= 0.6 is 0 Å². The largest absolute Gasteiger partial charge is 0.371 e. The number of nitrogens with zero attached hydrogens (tertiary/aromatic N) is 2. The van der Waals surface area contributed by atoms with Crippen LogP contribution in [0, 0.1) is 5.82 Å². The third-order valence-electron chi connectivity index (χ3n) is 5.32. The van der Waals surface area contributed by atoms with E-state index in [1.807, 2.05) is 26.2 Å². The van der Waals surface area contributed by atoms with Crippen molar-refractivity contribution in [3.05, 3.63) is 59.4 Å². The van der Waals surface area contributed by atoms with Gasteiger partial charge in [0.05, 0.1) is 12.0 Å². The van der Waals surface area contributed by atoms with E-state index in [9.17, 15) is 14.0 Å². The molecule has 3 rings (SSSR count). The highest BCUT2D eigenvalue weighted by Gasteiger charge is 2.20. The van der Waals surface area contributed by atoms with Crippen molar-refractivity contribution in [2.75, 3.05) is 50.5 Å². The second-order valence-electron chi connectivity index (χ2n) is 8.19. The number of hydrogen-bond donors (Lipinski definition) is 2. The summed E-state index contributed by atoms with van der Waals surface area (Å²) in [7, 11) is 4.01. The number of carbonyl (C=O) groups excluding carboxylic acids is 2. The molecule has 1 aliphatic rings. The van der Waals surface area contributed by atoms with E-state index in [2.05, 4.69) is 20.4 Å². The molecule has 7 heteroatoms. The lowest BCUT2D eigenvalue weighted by molar-refractivity contribution is -0.115. The van der Waals surface area contributed by atoms with Gasteiger partial charge < -0.3 is 20.4 Å². The highest BCUT2D eigenvalue weighted by atomic mass is 19.1. The van der Waals surface area contributed by atoms with Gasteiger partial charge in [0.2, 0.25) is 5.91 Å². The lowest BCUT2D eigenvalue weighted by Gasteiger charge is -2.22. The second kappa shape index (κ2) is 10.9. The van der Waals surface area contributed by atoms with E-state index in [-0.39, 0.29) is 24.1 Å². The normalized spacial score (nSPS) is 13.5. The minimum Gasteiger partial charge on any atom is -0.371 e. The Labute approximate surface area is 183 Å². The summed E-state index contributed by atoms with van der Waals surface area (Å²) in [4.78, 5) is 29.7. The Morgan fingerprint density at radius 1 is 1.06 bits per heavy atom. The van der Waals surface area contributed by atoms with Gasteiger partial charge in [0, 0.05) is 31.0 Å². The van der Waals surface area contributed by atoms with Crippen LogP contribution in [0.2, 0.25) is 0 Å². The zero-order valence-corrected chi connectivity index (χ0v) is 18.3. The van der Waals surface area contributed by atoms with Crippen molar-refractivity contribution >= 4 is 23.2 Å². The van der Waals surface area contributed by atoms with Crippen molar-refractivity contribution in [3.63, 3.8) is 0 Å². The average Bonchev–Trinajstić information content (AvgIpc) is 3.27. The molecule has 2 aromatic carbocycles. The first-order valence-corrected chi connectivity index (χ1v) is 10.8. The van der Waals surface area contributed by atoms with E-state index in [4.69, 9.17) is 0 Å². The quantitative estimate of drug-likeness (QED) is 0.604. The summed E-state index contributed by atoms with van der Waals surface area (Å²) >= 11 is 0. The molecule has 1 heterocycles. The number of benzene rings is 2. The predicted octanol–water partition coefficient (Wildman–Crippen LogP) is 3.29. The molecule has 0 spiro atoms. The predicted molar refractivity (Wildman–Crippen MR) is 122 cm³/mol. The van der Waals surface area contributed by atoms with Crippen LogP contribution < -0.4 is 15.5 Å². The number of carbonyl (C=O) groups is 2. The van der Waals surface area contributed by atoms with Gasteiger partial charge in [0.25, 0.3) is 5.91 Å². The van der Waals surface area contributed by atoms with Gasteiger partial charge in [-0.3, -0.25) is 9.59 Å². The van der Waals surface area contributed by atoms with Crippen LogP contribution in [0.15, 0.2) is 42.5 Å². The van der Waals surface area contributed by atoms with Gasteiger partial charge in [-0.25, -0.2) is 4.39 Å². The zero-order chi connectivity index (χ0) is 22.2. The Morgan fingerprint density at radius 2 is 1.77 bits per heavy atom. The Bertz CT molecular complexity index is 893. The first kappa shape index (κ1) is 22.7. The van der Waals surface area contributed by atoms with Crippen LogP contribution in [0.5, 0.6) is 0 Å². The molecule has 2 aromatic rings. The summed E-state index contributed by atoms with van der Waals surface area (Å²) in [6, 6.07) is 11.4. The minimum atomic E-state index is -0.331. The smallest absolute Gasteiger partial charge is 0.253 e. The lowest BCUT2D eigenvalue weighted by atomic mass is 10.1. The van der Waals surface area contributed by atoms with E-state index in [0.717, 1.165) is 50.1 Å². The summed E-state index contributed by atoms with van der Waals surface area (Å²) in [5.74, 6) is -0.670. The van der Waals surface area contributed by atoms with Gasteiger partial charge in [0.1, 0.15) is 5.82 Å². The lowest BCUT2D eigenvalue weighted by Crippen LogP contribution is -2.29. The number of rotatable bonds is 9. The van der Waals surface area contributed by atoms with Crippen molar-refractivity contribution in [1.82, 2.24) is 10.2 Å². The number of hydrogen-bond acceptors (Lipinski definition) is 4. The molecule has 1 saturated heterocycles.